The first kappa shape index (κ1) is 14.4. The molecule has 2 amide bonds. The average molecular weight is 309 g/mol. The van der Waals surface area contributed by atoms with Gasteiger partial charge in [-0.05, 0) is 12.8 Å². The van der Waals surface area contributed by atoms with E-state index in [0.717, 1.165) is 23.8 Å². The molecule has 7 nitrogen and oxygen atoms in total. The minimum atomic E-state index is -0.182. The maximum Gasteiger partial charge on any atom is 0.225 e. The first-order valence-corrected chi connectivity index (χ1v) is 8.17. The van der Waals surface area contributed by atoms with Crippen LogP contribution in [0, 0.1) is 5.92 Å². The van der Waals surface area contributed by atoms with Gasteiger partial charge in [0.2, 0.25) is 11.8 Å². The van der Waals surface area contributed by atoms with Crippen LogP contribution in [0.25, 0.3) is 0 Å². The van der Waals surface area contributed by atoms with Crippen molar-refractivity contribution in [3.8, 4) is 0 Å². The molecule has 1 aromatic heterocycles. The Bertz CT molecular complexity index is 542. The lowest BCUT2D eigenvalue weighted by Gasteiger charge is -2.15. The first-order chi connectivity index (χ1) is 10.1. The molecule has 0 radical (unpaired) electrons. The molecule has 1 saturated carbocycles. The van der Waals surface area contributed by atoms with Gasteiger partial charge in [0.1, 0.15) is 6.33 Å². The van der Waals surface area contributed by atoms with E-state index in [1.54, 1.807) is 18.1 Å². The maximum absolute atomic E-state index is 12.1. The Balaban J connectivity index is 1.38. The number of aromatic nitrogens is 3. The van der Waals surface area contributed by atoms with Crippen LogP contribution in [-0.2, 0) is 16.6 Å². The fourth-order valence-corrected chi connectivity index (χ4v) is 3.25. The molecule has 1 aromatic rings. The van der Waals surface area contributed by atoms with Crippen molar-refractivity contribution in [3.63, 3.8) is 0 Å². The Hall–Kier alpha value is -1.57. The highest BCUT2D eigenvalue weighted by atomic mass is 32.2. The van der Waals surface area contributed by atoms with Crippen LogP contribution in [0.2, 0.25) is 0 Å². The van der Waals surface area contributed by atoms with Crippen LogP contribution in [0.5, 0.6) is 0 Å². The molecule has 114 valence electrons. The zero-order valence-electron chi connectivity index (χ0n) is 12.0. The zero-order valence-corrected chi connectivity index (χ0v) is 12.8. The first-order valence-electron chi connectivity index (χ1n) is 7.19. The molecule has 0 spiro atoms. The number of carbonyl (C=O) groups excluding carboxylic acids is 2. The highest BCUT2D eigenvalue weighted by Gasteiger charge is 2.41. The Labute approximate surface area is 127 Å². The highest BCUT2D eigenvalue weighted by molar-refractivity contribution is 7.99. The highest BCUT2D eigenvalue weighted by Crippen LogP contribution is 2.32. The van der Waals surface area contributed by atoms with Crippen molar-refractivity contribution in [2.75, 3.05) is 18.8 Å². The lowest BCUT2D eigenvalue weighted by Crippen LogP contribution is -2.34. The topological polar surface area (TPSA) is 80.1 Å². The van der Waals surface area contributed by atoms with Gasteiger partial charge in [0, 0.05) is 38.4 Å². The second-order valence-corrected chi connectivity index (χ2v) is 6.60. The third kappa shape index (κ3) is 3.37. The molecule has 8 heteroatoms. The number of rotatable bonds is 6. The van der Waals surface area contributed by atoms with Crippen LogP contribution >= 0.6 is 11.8 Å². The molecule has 2 heterocycles. The summed E-state index contributed by atoms with van der Waals surface area (Å²) in [6.45, 7) is 1.16. The smallest absolute Gasteiger partial charge is 0.225 e. The molecular weight excluding hydrogens is 290 g/mol. The molecule has 1 aliphatic heterocycles. The number of nitrogens with one attached hydrogen (secondary N) is 1. The van der Waals surface area contributed by atoms with E-state index in [4.69, 9.17) is 0 Å². The van der Waals surface area contributed by atoms with Gasteiger partial charge in [0.25, 0.3) is 0 Å². The minimum Gasteiger partial charge on any atom is -0.355 e. The molecule has 0 bridgehead atoms. The van der Waals surface area contributed by atoms with Crippen molar-refractivity contribution in [1.29, 1.82) is 0 Å². The fraction of sp³-hybridized carbons (Fsp3) is 0.692. The van der Waals surface area contributed by atoms with E-state index in [2.05, 4.69) is 15.5 Å². The van der Waals surface area contributed by atoms with Crippen molar-refractivity contribution in [3.05, 3.63) is 6.33 Å². The Kier molecular flexibility index (Phi) is 4.14. The van der Waals surface area contributed by atoms with E-state index in [1.807, 2.05) is 16.5 Å². The van der Waals surface area contributed by atoms with Crippen molar-refractivity contribution >= 4 is 23.6 Å². The molecule has 2 fully saturated rings. The minimum absolute atomic E-state index is 0.00920. The average Bonchev–Trinajstić information content (AvgIpc) is 3.11. The molecule has 1 N–H and O–H groups in total. The Morgan fingerprint density at radius 1 is 1.52 bits per heavy atom. The number of aryl methyl sites for hydroxylation is 1. The van der Waals surface area contributed by atoms with Gasteiger partial charge in [-0.1, -0.05) is 11.8 Å². The van der Waals surface area contributed by atoms with Gasteiger partial charge in [0.15, 0.2) is 5.16 Å². The number of thioether (sulfide) groups is 1. The van der Waals surface area contributed by atoms with Gasteiger partial charge >= 0.3 is 0 Å². The molecule has 3 rings (SSSR count). The quantitative estimate of drug-likeness (QED) is 0.592. The number of amides is 2. The molecular formula is C13H19N5O2S. The number of nitrogens with zero attached hydrogens (tertiary/aromatic N) is 4. The van der Waals surface area contributed by atoms with Crippen LogP contribution in [0.3, 0.4) is 0 Å². The van der Waals surface area contributed by atoms with Crippen LogP contribution in [0.1, 0.15) is 19.3 Å². The Morgan fingerprint density at radius 2 is 2.33 bits per heavy atom. The third-order valence-electron chi connectivity index (χ3n) is 3.82. The van der Waals surface area contributed by atoms with Crippen LogP contribution < -0.4 is 5.32 Å². The molecule has 1 unspecified atom stereocenters. The molecule has 21 heavy (non-hydrogen) atoms. The van der Waals surface area contributed by atoms with Gasteiger partial charge in [0.05, 0.1) is 5.92 Å². The van der Waals surface area contributed by atoms with Crippen molar-refractivity contribution < 1.29 is 9.59 Å². The normalized spacial score (nSPS) is 21.9. The van der Waals surface area contributed by atoms with Crippen molar-refractivity contribution in [2.24, 2.45) is 13.0 Å². The van der Waals surface area contributed by atoms with E-state index in [-0.39, 0.29) is 17.7 Å². The van der Waals surface area contributed by atoms with E-state index in [1.165, 1.54) is 0 Å². The van der Waals surface area contributed by atoms with Crippen molar-refractivity contribution in [1.82, 2.24) is 25.0 Å². The van der Waals surface area contributed by atoms with Gasteiger partial charge in [-0.3, -0.25) is 9.59 Å². The van der Waals surface area contributed by atoms with E-state index < -0.39 is 0 Å². The monoisotopic (exact) mass is 309 g/mol. The molecule has 1 atom stereocenters. The van der Waals surface area contributed by atoms with Crippen LogP contribution in [0.4, 0.5) is 0 Å². The standard InChI is InChI=1S/C13H19N5O2S/c1-17-8-15-16-13(17)21-5-4-14-12(20)9-6-11(19)18(7-9)10-2-3-10/h8-10H,2-7H2,1H3,(H,14,20). The summed E-state index contributed by atoms with van der Waals surface area (Å²) < 4.78 is 1.84. The predicted octanol–water partition coefficient (Wildman–Crippen LogP) is 0.0343. The summed E-state index contributed by atoms with van der Waals surface area (Å²) in [7, 11) is 1.89. The van der Waals surface area contributed by atoms with Crippen LogP contribution in [-0.4, -0.2) is 56.4 Å². The summed E-state index contributed by atoms with van der Waals surface area (Å²) >= 11 is 1.55. The van der Waals surface area contributed by atoms with Gasteiger partial charge < -0.3 is 14.8 Å². The number of hydrogen-bond donors (Lipinski definition) is 1. The lowest BCUT2D eigenvalue weighted by molar-refractivity contribution is -0.129. The summed E-state index contributed by atoms with van der Waals surface area (Å²) in [4.78, 5) is 25.8. The Morgan fingerprint density at radius 3 is 3.00 bits per heavy atom. The number of carbonyl (C=O) groups is 2. The second-order valence-electron chi connectivity index (χ2n) is 5.54. The predicted molar refractivity (Wildman–Crippen MR) is 77.6 cm³/mol. The molecule has 0 aromatic carbocycles. The van der Waals surface area contributed by atoms with Gasteiger partial charge in [-0.25, -0.2) is 0 Å². The second kappa shape index (κ2) is 6.05. The van der Waals surface area contributed by atoms with E-state index >= 15 is 0 Å². The van der Waals surface area contributed by atoms with Gasteiger partial charge in [-0.15, -0.1) is 10.2 Å². The largest absolute Gasteiger partial charge is 0.355 e. The van der Waals surface area contributed by atoms with Gasteiger partial charge in [-0.2, -0.15) is 0 Å². The summed E-state index contributed by atoms with van der Waals surface area (Å²) in [6, 6.07) is 0.404. The molecule has 1 aliphatic carbocycles. The molecule has 1 saturated heterocycles. The summed E-state index contributed by atoms with van der Waals surface area (Å²) in [5.41, 5.74) is 0. The summed E-state index contributed by atoms with van der Waals surface area (Å²) in [5.74, 6) is 0.680. The van der Waals surface area contributed by atoms with E-state index in [9.17, 15) is 9.59 Å². The fourth-order valence-electron chi connectivity index (χ4n) is 2.51. The zero-order chi connectivity index (χ0) is 14.8. The van der Waals surface area contributed by atoms with Crippen LogP contribution in [0.15, 0.2) is 11.5 Å². The lowest BCUT2D eigenvalue weighted by atomic mass is 10.1. The summed E-state index contributed by atoms with van der Waals surface area (Å²) in [5, 5.41) is 11.5. The van der Waals surface area contributed by atoms with Crippen molar-refractivity contribution in [2.45, 2.75) is 30.5 Å². The summed E-state index contributed by atoms with van der Waals surface area (Å²) in [6.07, 6.45) is 4.19. The third-order valence-corrected chi connectivity index (χ3v) is 4.86. The SMILES string of the molecule is Cn1cnnc1SCCNC(=O)C1CC(=O)N(C2CC2)C1. The maximum atomic E-state index is 12.1. The molecule has 2 aliphatic rings. The van der Waals surface area contributed by atoms with E-state index in [0.29, 0.717) is 25.6 Å². The number of likely N-dealkylation sites (tertiary alicyclic amines) is 1. The number of hydrogen-bond acceptors (Lipinski definition) is 5.